The summed E-state index contributed by atoms with van der Waals surface area (Å²) >= 11 is 0. The minimum absolute atomic E-state index is 0.344. The van der Waals surface area contributed by atoms with Crippen LogP contribution in [0.5, 0.6) is 0 Å². The van der Waals surface area contributed by atoms with Crippen molar-refractivity contribution in [2.24, 2.45) is 0 Å². The van der Waals surface area contributed by atoms with Gasteiger partial charge in [0, 0.05) is 19.8 Å². The zero-order valence-electron chi connectivity index (χ0n) is 16.4. The summed E-state index contributed by atoms with van der Waals surface area (Å²) < 4.78 is 11.1. The molecule has 0 amide bonds. The second kappa shape index (κ2) is 20.0. The Labute approximate surface area is 146 Å². The number of rotatable bonds is 19. The summed E-state index contributed by atoms with van der Waals surface area (Å²) in [5.74, 6) is 0. The standard InChI is InChI=1S/C21H44O2/c1-4-5-6-7-8-9-10-11-12-13-14-15-16-18-22-19-17-20-23-21(2)3/h21H,4-20H2,1-3H3. The summed E-state index contributed by atoms with van der Waals surface area (Å²) in [5.41, 5.74) is 0. The lowest BCUT2D eigenvalue weighted by atomic mass is 10.0. The van der Waals surface area contributed by atoms with Crippen molar-refractivity contribution in [1.82, 2.24) is 0 Å². The third kappa shape index (κ3) is 21.9. The maximum atomic E-state index is 5.64. The molecule has 0 aliphatic carbocycles. The molecule has 0 unspecified atom stereocenters. The number of hydrogen-bond acceptors (Lipinski definition) is 2. The van der Waals surface area contributed by atoms with Crippen molar-refractivity contribution in [1.29, 1.82) is 0 Å². The monoisotopic (exact) mass is 328 g/mol. The minimum atomic E-state index is 0.344. The topological polar surface area (TPSA) is 18.5 Å². The fraction of sp³-hybridized carbons (Fsp3) is 1.00. The van der Waals surface area contributed by atoms with Gasteiger partial charge in [-0.2, -0.15) is 0 Å². The minimum Gasteiger partial charge on any atom is -0.381 e. The van der Waals surface area contributed by atoms with E-state index in [1.807, 2.05) is 0 Å². The van der Waals surface area contributed by atoms with E-state index < -0.39 is 0 Å². The molecule has 0 spiro atoms. The molecule has 0 saturated carbocycles. The molecule has 0 fully saturated rings. The lowest BCUT2D eigenvalue weighted by molar-refractivity contribution is 0.0507. The van der Waals surface area contributed by atoms with Gasteiger partial charge >= 0.3 is 0 Å². The Morgan fingerprint density at radius 1 is 0.522 bits per heavy atom. The van der Waals surface area contributed by atoms with Crippen molar-refractivity contribution in [3.8, 4) is 0 Å². The third-order valence-electron chi connectivity index (χ3n) is 4.28. The second-order valence-electron chi connectivity index (χ2n) is 7.13. The van der Waals surface area contributed by atoms with E-state index in [-0.39, 0.29) is 0 Å². The van der Waals surface area contributed by atoms with Gasteiger partial charge in [0.05, 0.1) is 6.10 Å². The molecule has 0 radical (unpaired) electrons. The summed E-state index contributed by atoms with van der Waals surface area (Å²) in [6.07, 6.45) is 19.7. The Morgan fingerprint density at radius 2 is 0.957 bits per heavy atom. The molecule has 2 heteroatoms. The van der Waals surface area contributed by atoms with Gasteiger partial charge in [-0.15, -0.1) is 0 Å². The molecule has 0 aromatic heterocycles. The maximum absolute atomic E-state index is 5.64. The van der Waals surface area contributed by atoms with E-state index in [0.717, 1.165) is 26.2 Å². The van der Waals surface area contributed by atoms with E-state index in [2.05, 4.69) is 20.8 Å². The molecule has 0 bridgehead atoms. The quantitative estimate of drug-likeness (QED) is 0.240. The Kier molecular flexibility index (Phi) is 19.9. The summed E-state index contributed by atoms with van der Waals surface area (Å²) in [6.45, 7) is 9.05. The van der Waals surface area contributed by atoms with Gasteiger partial charge in [-0.05, 0) is 26.7 Å². The van der Waals surface area contributed by atoms with E-state index in [4.69, 9.17) is 9.47 Å². The molecule has 0 saturated heterocycles. The smallest absolute Gasteiger partial charge is 0.0518 e. The molecule has 0 N–H and O–H groups in total. The van der Waals surface area contributed by atoms with E-state index in [9.17, 15) is 0 Å². The fourth-order valence-corrected chi connectivity index (χ4v) is 2.80. The van der Waals surface area contributed by atoms with Gasteiger partial charge in [-0.1, -0.05) is 84.0 Å². The van der Waals surface area contributed by atoms with Crippen molar-refractivity contribution in [2.45, 2.75) is 117 Å². The summed E-state index contributed by atoms with van der Waals surface area (Å²) in [4.78, 5) is 0. The van der Waals surface area contributed by atoms with Gasteiger partial charge < -0.3 is 9.47 Å². The van der Waals surface area contributed by atoms with Crippen LogP contribution in [0.25, 0.3) is 0 Å². The van der Waals surface area contributed by atoms with Crippen molar-refractivity contribution in [2.75, 3.05) is 19.8 Å². The molecule has 0 atom stereocenters. The third-order valence-corrected chi connectivity index (χ3v) is 4.28. The molecule has 23 heavy (non-hydrogen) atoms. The average molecular weight is 329 g/mol. The first-order valence-corrected chi connectivity index (χ1v) is 10.5. The maximum Gasteiger partial charge on any atom is 0.0518 e. The van der Waals surface area contributed by atoms with Gasteiger partial charge in [0.25, 0.3) is 0 Å². The number of ether oxygens (including phenoxy) is 2. The highest BCUT2D eigenvalue weighted by Crippen LogP contribution is 2.12. The van der Waals surface area contributed by atoms with Gasteiger partial charge in [0.2, 0.25) is 0 Å². The molecule has 140 valence electrons. The Bertz CT molecular complexity index is 204. The van der Waals surface area contributed by atoms with Crippen LogP contribution in [0.1, 0.15) is 111 Å². The highest BCUT2D eigenvalue weighted by Gasteiger charge is 1.95. The number of unbranched alkanes of at least 4 members (excludes halogenated alkanes) is 12. The van der Waals surface area contributed by atoms with Crippen LogP contribution < -0.4 is 0 Å². The van der Waals surface area contributed by atoms with Gasteiger partial charge in [-0.3, -0.25) is 0 Å². The highest BCUT2D eigenvalue weighted by atomic mass is 16.5. The van der Waals surface area contributed by atoms with Crippen LogP contribution >= 0.6 is 0 Å². The van der Waals surface area contributed by atoms with E-state index in [1.165, 1.54) is 83.5 Å². The van der Waals surface area contributed by atoms with E-state index in [1.54, 1.807) is 0 Å². The predicted octanol–water partition coefficient (Wildman–Crippen LogP) is 6.91. The van der Waals surface area contributed by atoms with E-state index >= 15 is 0 Å². The lowest BCUT2D eigenvalue weighted by Crippen LogP contribution is -2.07. The Hall–Kier alpha value is -0.0800. The molecule has 0 aromatic rings. The van der Waals surface area contributed by atoms with Crippen LogP contribution in [-0.2, 0) is 9.47 Å². The van der Waals surface area contributed by atoms with Crippen molar-refractivity contribution in [3.05, 3.63) is 0 Å². The Balaban J connectivity index is 2.95. The first-order chi connectivity index (χ1) is 11.3. The molecule has 0 heterocycles. The molecular weight excluding hydrogens is 284 g/mol. The van der Waals surface area contributed by atoms with Crippen LogP contribution in [0, 0.1) is 0 Å². The van der Waals surface area contributed by atoms with Gasteiger partial charge in [0.15, 0.2) is 0 Å². The van der Waals surface area contributed by atoms with Crippen molar-refractivity contribution >= 4 is 0 Å². The summed E-state index contributed by atoms with van der Waals surface area (Å²) in [7, 11) is 0. The zero-order chi connectivity index (χ0) is 17.0. The molecule has 0 aliphatic heterocycles. The predicted molar refractivity (Wildman–Crippen MR) is 102 cm³/mol. The molecule has 0 rings (SSSR count). The van der Waals surface area contributed by atoms with Crippen LogP contribution in [0.3, 0.4) is 0 Å². The normalized spacial score (nSPS) is 11.5. The molecule has 0 aromatic carbocycles. The van der Waals surface area contributed by atoms with Crippen LogP contribution in [0.2, 0.25) is 0 Å². The average Bonchev–Trinajstić information content (AvgIpc) is 2.53. The largest absolute Gasteiger partial charge is 0.381 e. The van der Waals surface area contributed by atoms with Crippen molar-refractivity contribution in [3.63, 3.8) is 0 Å². The van der Waals surface area contributed by atoms with E-state index in [0.29, 0.717) is 6.10 Å². The summed E-state index contributed by atoms with van der Waals surface area (Å²) in [5, 5.41) is 0. The summed E-state index contributed by atoms with van der Waals surface area (Å²) in [6, 6.07) is 0. The first-order valence-electron chi connectivity index (χ1n) is 10.5. The van der Waals surface area contributed by atoms with Crippen LogP contribution in [0.15, 0.2) is 0 Å². The zero-order valence-corrected chi connectivity index (χ0v) is 16.4. The first kappa shape index (κ1) is 22.9. The second-order valence-corrected chi connectivity index (χ2v) is 7.13. The molecular formula is C21H44O2. The number of hydrogen-bond donors (Lipinski definition) is 0. The van der Waals surface area contributed by atoms with Crippen LogP contribution in [-0.4, -0.2) is 25.9 Å². The highest BCUT2D eigenvalue weighted by molar-refractivity contribution is 4.49. The molecule has 0 aliphatic rings. The van der Waals surface area contributed by atoms with Crippen LogP contribution in [0.4, 0.5) is 0 Å². The fourth-order valence-electron chi connectivity index (χ4n) is 2.80. The van der Waals surface area contributed by atoms with Gasteiger partial charge in [0.1, 0.15) is 0 Å². The molecule has 2 nitrogen and oxygen atoms in total. The Morgan fingerprint density at radius 3 is 1.43 bits per heavy atom. The van der Waals surface area contributed by atoms with Gasteiger partial charge in [-0.25, -0.2) is 0 Å². The van der Waals surface area contributed by atoms with Crippen molar-refractivity contribution < 1.29 is 9.47 Å². The lowest BCUT2D eigenvalue weighted by Gasteiger charge is -2.07. The SMILES string of the molecule is CCCCCCCCCCCCCCCOCCCOC(C)C.